The number of carbonyl (C=O) groups is 5. The molecule has 5 aliphatic rings. The second-order valence-corrected chi connectivity index (χ2v) is 21.5. The van der Waals surface area contributed by atoms with Gasteiger partial charge >= 0.3 is 17.9 Å². The minimum absolute atomic E-state index is 0.0545. The summed E-state index contributed by atoms with van der Waals surface area (Å²) in [4.78, 5) is 63.0. The average molecular weight is 817 g/mol. The topological polar surface area (TPSA) is 159 Å². The van der Waals surface area contributed by atoms with Crippen molar-refractivity contribution < 1.29 is 38.9 Å². The van der Waals surface area contributed by atoms with Crippen LogP contribution in [-0.2, 0) is 30.5 Å². The molecule has 5 saturated carbocycles. The molecule has 1 aromatic rings. The number of nitrogens with one attached hydrogen (secondary N) is 2. The number of ether oxygens (including phenoxy) is 1. The summed E-state index contributed by atoms with van der Waals surface area (Å²) in [6, 6.07) is 7.36. The van der Waals surface area contributed by atoms with Crippen LogP contribution in [0.15, 0.2) is 36.4 Å². The molecule has 5 fully saturated rings. The molecule has 326 valence electrons. The zero-order valence-corrected chi connectivity index (χ0v) is 37.1. The number of unbranched alkanes of at least 4 members (excludes halogenated alkanes) is 1. The molecule has 6 rings (SSSR count). The van der Waals surface area contributed by atoms with E-state index in [1.54, 1.807) is 26.0 Å². The Labute approximate surface area is 352 Å². The Morgan fingerprint density at radius 1 is 0.814 bits per heavy atom. The van der Waals surface area contributed by atoms with Gasteiger partial charge in [0.2, 0.25) is 5.91 Å². The fourth-order valence-electron chi connectivity index (χ4n) is 14.2. The molecule has 0 saturated heterocycles. The van der Waals surface area contributed by atoms with E-state index in [9.17, 15) is 29.1 Å². The Hall–Kier alpha value is -3.69. The zero-order valence-electron chi connectivity index (χ0n) is 37.1. The van der Waals surface area contributed by atoms with Crippen LogP contribution in [0.3, 0.4) is 0 Å². The monoisotopic (exact) mass is 817 g/mol. The maximum atomic E-state index is 14.7. The third kappa shape index (κ3) is 7.88. The van der Waals surface area contributed by atoms with Gasteiger partial charge in [0.15, 0.2) is 0 Å². The van der Waals surface area contributed by atoms with Crippen LogP contribution < -0.4 is 10.6 Å². The van der Waals surface area contributed by atoms with Crippen LogP contribution >= 0.6 is 0 Å². The molecular weight excluding hydrogens is 745 g/mol. The predicted molar refractivity (Wildman–Crippen MR) is 227 cm³/mol. The smallest absolute Gasteiger partial charge is 0.309 e. The fourth-order valence-corrected chi connectivity index (χ4v) is 14.2. The van der Waals surface area contributed by atoms with Gasteiger partial charge in [-0.3, -0.25) is 24.0 Å². The van der Waals surface area contributed by atoms with Crippen LogP contribution in [0, 0.1) is 62.1 Å². The molecule has 0 radical (unpaired) electrons. The molecule has 0 aromatic heterocycles. The van der Waals surface area contributed by atoms with Crippen molar-refractivity contribution in [3.05, 3.63) is 47.5 Å². The van der Waals surface area contributed by atoms with Gasteiger partial charge in [0, 0.05) is 30.5 Å². The lowest BCUT2D eigenvalue weighted by Gasteiger charge is -2.72. The van der Waals surface area contributed by atoms with Crippen molar-refractivity contribution in [3.8, 4) is 0 Å². The third-order valence-corrected chi connectivity index (χ3v) is 17.7. The summed E-state index contributed by atoms with van der Waals surface area (Å²) in [5, 5.41) is 24.7. The maximum Gasteiger partial charge on any atom is 0.309 e. The molecule has 0 unspecified atom stereocenters. The van der Waals surface area contributed by atoms with Gasteiger partial charge in [0.25, 0.3) is 5.91 Å². The third-order valence-electron chi connectivity index (χ3n) is 17.7. The van der Waals surface area contributed by atoms with E-state index in [4.69, 9.17) is 9.84 Å². The first kappa shape index (κ1) is 44.9. The number of esters is 1. The van der Waals surface area contributed by atoms with Gasteiger partial charge in [-0.2, -0.15) is 0 Å². The summed E-state index contributed by atoms with van der Waals surface area (Å²) in [7, 11) is 0. The molecule has 5 aliphatic carbocycles. The summed E-state index contributed by atoms with van der Waals surface area (Å²) in [5.74, 6) is -0.491. The van der Waals surface area contributed by atoms with E-state index in [1.807, 2.05) is 12.1 Å². The van der Waals surface area contributed by atoms with E-state index in [0.29, 0.717) is 55.2 Å². The average Bonchev–Trinajstić information content (AvgIpc) is 3.56. The SMILES string of the molecule is C=C(C)[C@@H]1CC[C@]2(C(=O)NCc3ccc(C(=O)NCCCCC(=O)O)cc3)CC[C@]3(C)[C@H](CC[C@@H]4[C@@]5(C)CC[C@H](OC(=O)CC(C)(C)C(=O)O)C(C)(C)[C@@H]5CC[C@]43C)[C@@H]12. The molecule has 2 amide bonds. The first-order valence-electron chi connectivity index (χ1n) is 22.5. The quantitative estimate of drug-likeness (QED) is 0.0822. The van der Waals surface area contributed by atoms with Crippen molar-refractivity contribution in [2.24, 2.45) is 62.1 Å². The Balaban J connectivity index is 1.16. The lowest BCUT2D eigenvalue weighted by molar-refractivity contribution is -0.249. The highest BCUT2D eigenvalue weighted by Crippen LogP contribution is 2.77. The van der Waals surface area contributed by atoms with E-state index in [0.717, 1.165) is 69.8 Å². The number of carbonyl (C=O) groups excluding carboxylic acids is 3. The molecule has 10 heteroatoms. The molecule has 10 atom stereocenters. The molecule has 10 nitrogen and oxygen atoms in total. The number of aliphatic carboxylic acids is 2. The Bertz CT molecular complexity index is 1820. The van der Waals surface area contributed by atoms with Crippen molar-refractivity contribution in [1.29, 1.82) is 0 Å². The Morgan fingerprint density at radius 3 is 2.15 bits per heavy atom. The van der Waals surface area contributed by atoms with E-state index in [2.05, 4.69) is 58.8 Å². The number of carboxylic acid groups (broad SMARTS) is 2. The molecule has 0 heterocycles. The highest BCUT2D eigenvalue weighted by atomic mass is 16.5. The summed E-state index contributed by atoms with van der Waals surface area (Å²) < 4.78 is 6.18. The number of carboxylic acids is 2. The van der Waals surface area contributed by atoms with Crippen molar-refractivity contribution >= 4 is 29.7 Å². The normalized spacial score (nSPS) is 35.8. The number of allylic oxidation sites excluding steroid dienone is 1. The molecule has 59 heavy (non-hydrogen) atoms. The predicted octanol–water partition coefficient (Wildman–Crippen LogP) is 9.36. The molecular formula is C49H72N2O8. The van der Waals surface area contributed by atoms with Gasteiger partial charge < -0.3 is 25.6 Å². The minimum Gasteiger partial charge on any atom is -0.481 e. The first-order valence-corrected chi connectivity index (χ1v) is 22.5. The largest absolute Gasteiger partial charge is 0.481 e. The maximum absolute atomic E-state index is 14.7. The highest BCUT2D eigenvalue weighted by Gasteiger charge is 2.72. The summed E-state index contributed by atoms with van der Waals surface area (Å²) in [6.07, 6.45) is 10.7. The van der Waals surface area contributed by atoms with Crippen LogP contribution in [0.2, 0.25) is 0 Å². The molecule has 0 spiro atoms. The number of benzene rings is 1. The summed E-state index contributed by atoms with van der Waals surface area (Å²) in [5.41, 5.74) is 1.01. The zero-order chi connectivity index (χ0) is 43.3. The van der Waals surface area contributed by atoms with Crippen molar-refractivity contribution in [2.45, 2.75) is 158 Å². The number of hydrogen-bond donors (Lipinski definition) is 4. The van der Waals surface area contributed by atoms with Gasteiger partial charge in [-0.25, -0.2) is 0 Å². The summed E-state index contributed by atoms with van der Waals surface area (Å²) >= 11 is 0. The van der Waals surface area contributed by atoms with Crippen LogP contribution in [0.1, 0.15) is 161 Å². The lowest BCUT2D eigenvalue weighted by Crippen LogP contribution is -2.67. The molecule has 0 aliphatic heterocycles. The van der Waals surface area contributed by atoms with Crippen LogP contribution in [0.25, 0.3) is 0 Å². The van der Waals surface area contributed by atoms with Crippen LogP contribution in [0.4, 0.5) is 0 Å². The number of rotatable bonds is 14. The Kier molecular flexibility index (Phi) is 12.4. The number of amides is 2. The van der Waals surface area contributed by atoms with Gasteiger partial charge in [-0.1, -0.05) is 58.9 Å². The van der Waals surface area contributed by atoms with Gasteiger partial charge in [-0.15, -0.1) is 0 Å². The van der Waals surface area contributed by atoms with Crippen molar-refractivity contribution in [2.75, 3.05) is 6.54 Å². The molecule has 0 bridgehead atoms. The van der Waals surface area contributed by atoms with Gasteiger partial charge in [0.05, 0.1) is 17.3 Å². The van der Waals surface area contributed by atoms with E-state index < -0.39 is 28.7 Å². The second kappa shape index (κ2) is 16.3. The standard InChI is InChI=1S/C49H72N2O8/c1-30(2)33-19-24-49(42(56)51-29-31-13-15-32(16-14-31)41(55)50-27-11-10-12-38(52)53)26-25-47(8)34(40(33)49)17-18-36-46(7)22-21-37(59-39(54)28-44(3,4)43(57)58)45(5,6)35(46)20-23-48(36,47)9/h13-16,33-37,40H,1,10-12,17-29H2,2-9H3,(H,50,55)(H,51,56)(H,52,53)(H,57,58)/t33-,34+,35-,36+,37-,40+,46-,47+,48+,49-/m0/s1. The number of fused-ring (bicyclic) bond motifs is 7. The fraction of sp³-hybridized carbons (Fsp3) is 0.735. The summed E-state index contributed by atoms with van der Waals surface area (Å²) in [6.45, 7) is 22.9. The van der Waals surface area contributed by atoms with E-state index in [-0.39, 0.29) is 58.3 Å². The van der Waals surface area contributed by atoms with Crippen LogP contribution in [-0.4, -0.2) is 52.6 Å². The minimum atomic E-state index is -1.17. The first-order chi connectivity index (χ1) is 27.5. The van der Waals surface area contributed by atoms with E-state index in [1.165, 1.54) is 5.57 Å². The van der Waals surface area contributed by atoms with E-state index >= 15 is 0 Å². The highest BCUT2D eigenvalue weighted by molar-refractivity contribution is 5.94. The molecule has 4 N–H and O–H groups in total. The number of hydrogen-bond acceptors (Lipinski definition) is 6. The van der Waals surface area contributed by atoms with Crippen molar-refractivity contribution in [3.63, 3.8) is 0 Å². The lowest BCUT2D eigenvalue weighted by atomic mass is 9.32. The van der Waals surface area contributed by atoms with Gasteiger partial charge in [-0.05, 0) is 161 Å². The Morgan fingerprint density at radius 2 is 1.51 bits per heavy atom. The second-order valence-electron chi connectivity index (χ2n) is 21.5. The van der Waals surface area contributed by atoms with Crippen LogP contribution in [0.5, 0.6) is 0 Å². The van der Waals surface area contributed by atoms with Gasteiger partial charge in [0.1, 0.15) is 6.10 Å². The van der Waals surface area contributed by atoms with Crippen molar-refractivity contribution in [1.82, 2.24) is 10.6 Å². The molecule has 1 aromatic carbocycles.